The van der Waals surface area contributed by atoms with Crippen LogP contribution in [-0.2, 0) is 16.1 Å². The molecule has 27 heavy (non-hydrogen) atoms. The number of nitrogens with zero attached hydrogens (tertiary/aromatic N) is 1. The number of amides is 2. The monoisotopic (exact) mass is 390 g/mol. The summed E-state index contributed by atoms with van der Waals surface area (Å²) in [6, 6.07) is 10.7. The van der Waals surface area contributed by atoms with E-state index in [4.69, 9.17) is 21.1 Å². The summed E-state index contributed by atoms with van der Waals surface area (Å²) in [6.45, 7) is 3.51. The van der Waals surface area contributed by atoms with E-state index in [1.54, 1.807) is 38.5 Å². The smallest absolute Gasteiger partial charge is 0.244 e. The van der Waals surface area contributed by atoms with Gasteiger partial charge in [0.1, 0.15) is 6.54 Å². The number of carbonyl (C=O) groups excluding carboxylic acids is 2. The largest absolute Gasteiger partial charge is 0.493 e. The van der Waals surface area contributed by atoms with Crippen LogP contribution >= 0.6 is 11.6 Å². The van der Waals surface area contributed by atoms with Crippen LogP contribution in [0, 0.1) is 6.92 Å². The van der Waals surface area contributed by atoms with Crippen LogP contribution in [0.2, 0.25) is 5.02 Å². The van der Waals surface area contributed by atoms with Crippen LogP contribution in [0.3, 0.4) is 0 Å². The Kier molecular flexibility index (Phi) is 7.07. The van der Waals surface area contributed by atoms with Crippen molar-refractivity contribution in [3.63, 3.8) is 0 Å². The SMILES string of the molecule is COc1ccc(CN(CC(=O)Nc2ccc(C)c(Cl)c2)C(C)=O)cc1OC. The number of aryl methyl sites for hydroxylation is 1. The maximum Gasteiger partial charge on any atom is 0.244 e. The number of benzene rings is 2. The van der Waals surface area contributed by atoms with Crippen molar-refractivity contribution in [3.8, 4) is 11.5 Å². The number of carbonyl (C=O) groups is 2. The molecule has 7 heteroatoms. The van der Waals surface area contributed by atoms with Crippen molar-refractivity contribution in [2.45, 2.75) is 20.4 Å². The summed E-state index contributed by atoms with van der Waals surface area (Å²) in [4.78, 5) is 25.8. The number of rotatable bonds is 7. The van der Waals surface area contributed by atoms with E-state index in [1.807, 2.05) is 19.1 Å². The van der Waals surface area contributed by atoms with Gasteiger partial charge in [0.05, 0.1) is 14.2 Å². The molecule has 144 valence electrons. The average Bonchev–Trinajstić information content (AvgIpc) is 2.64. The molecule has 0 spiro atoms. The minimum atomic E-state index is -0.300. The van der Waals surface area contributed by atoms with Crippen LogP contribution in [0.4, 0.5) is 5.69 Å². The van der Waals surface area contributed by atoms with Gasteiger partial charge in [0, 0.05) is 24.2 Å². The highest BCUT2D eigenvalue weighted by molar-refractivity contribution is 6.31. The van der Waals surface area contributed by atoms with Gasteiger partial charge in [-0.15, -0.1) is 0 Å². The standard InChI is InChI=1S/C20H23ClN2O4/c1-13-5-7-16(10-17(13)21)22-20(25)12-23(14(2)24)11-15-6-8-18(26-3)19(9-15)27-4/h5-10H,11-12H2,1-4H3,(H,22,25). The van der Waals surface area contributed by atoms with Crippen molar-refractivity contribution in [1.29, 1.82) is 0 Å². The molecule has 0 atom stereocenters. The highest BCUT2D eigenvalue weighted by Crippen LogP contribution is 2.28. The molecule has 2 aromatic rings. The van der Waals surface area contributed by atoms with E-state index in [1.165, 1.54) is 11.8 Å². The third-order valence-electron chi connectivity index (χ3n) is 4.06. The topological polar surface area (TPSA) is 67.9 Å². The van der Waals surface area contributed by atoms with Gasteiger partial charge in [-0.05, 0) is 42.3 Å². The molecule has 0 aliphatic rings. The minimum absolute atomic E-state index is 0.0742. The third-order valence-corrected chi connectivity index (χ3v) is 4.46. The number of methoxy groups -OCH3 is 2. The van der Waals surface area contributed by atoms with E-state index in [0.717, 1.165) is 11.1 Å². The first-order valence-electron chi connectivity index (χ1n) is 8.36. The van der Waals surface area contributed by atoms with Gasteiger partial charge in [0.15, 0.2) is 11.5 Å². The lowest BCUT2D eigenvalue weighted by Crippen LogP contribution is -2.36. The molecule has 2 rings (SSSR count). The molecule has 0 aromatic heterocycles. The molecule has 6 nitrogen and oxygen atoms in total. The van der Waals surface area contributed by atoms with Gasteiger partial charge >= 0.3 is 0 Å². The molecule has 0 heterocycles. The summed E-state index contributed by atoms with van der Waals surface area (Å²) in [5.41, 5.74) is 2.34. The number of ether oxygens (including phenoxy) is 2. The van der Waals surface area contributed by atoms with Crippen LogP contribution in [0.1, 0.15) is 18.1 Å². The van der Waals surface area contributed by atoms with E-state index >= 15 is 0 Å². The van der Waals surface area contributed by atoms with Gasteiger partial charge < -0.3 is 19.7 Å². The summed E-state index contributed by atoms with van der Waals surface area (Å²) in [5, 5.41) is 3.33. The number of nitrogens with one attached hydrogen (secondary N) is 1. The Morgan fingerprint density at radius 1 is 1.07 bits per heavy atom. The van der Waals surface area contributed by atoms with E-state index in [-0.39, 0.29) is 24.9 Å². The van der Waals surface area contributed by atoms with E-state index in [2.05, 4.69) is 5.32 Å². The fourth-order valence-electron chi connectivity index (χ4n) is 2.52. The molecule has 0 radical (unpaired) electrons. The molecular weight excluding hydrogens is 368 g/mol. The predicted octanol–water partition coefficient (Wildman–Crippen LogP) is 3.65. The summed E-state index contributed by atoms with van der Waals surface area (Å²) < 4.78 is 10.5. The Bertz CT molecular complexity index is 839. The highest BCUT2D eigenvalue weighted by atomic mass is 35.5. The van der Waals surface area contributed by atoms with Crippen molar-refractivity contribution in [2.24, 2.45) is 0 Å². The Morgan fingerprint density at radius 3 is 2.37 bits per heavy atom. The first-order valence-corrected chi connectivity index (χ1v) is 8.74. The molecule has 0 bridgehead atoms. The zero-order valence-corrected chi connectivity index (χ0v) is 16.6. The van der Waals surface area contributed by atoms with Gasteiger partial charge in [0.2, 0.25) is 11.8 Å². The lowest BCUT2D eigenvalue weighted by atomic mass is 10.2. The van der Waals surface area contributed by atoms with Gasteiger partial charge in [-0.25, -0.2) is 0 Å². The Hall–Kier alpha value is -2.73. The van der Waals surface area contributed by atoms with Crippen LogP contribution < -0.4 is 14.8 Å². The van der Waals surface area contributed by atoms with E-state index in [9.17, 15) is 9.59 Å². The normalized spacial score (nSPS) is 10.3. The Balaban J connectivity index is 2.07. The summed E-state index contributed by atoms with van der Waals surface area (Å²) in [5.74, 6) is 0.661. The minimum Gasteiger partial charge on any atom is -0.493 e. The molecule has 0 fully saturated rings. The summed E-state index contributed by atoms with van der Waals surface area (Å²) in [6.07, 6.45) is 0. The molecule has 1 N–H and O–H groups in total. The van der Waals surface area contributed by atoms with Crippen LogP contribution in [0.15, 0.2) is 36.4 Å². The fraction of sp³-hybridized carbons (Fsp3) is 0.300. The second-order valence-electron chi connectivity index (χ2n) is 6.08. The number of anilines is 1. The number of halogens is 1. The lowest BCUT2D eigenvalue weighted by Gasteiger charge is -2.21. The summed E-state index contributed by atoms with van der Waals surface area (Å²) in [7, 11) is 3.10. The quantitative estimate of drug-likeness (QED) is 0.783. The van der Waals surface area contributed by atoms with Crippen molar-refractivity contribution in [1.82, 2.24) is 4.90 Å². The van der Waals surface area contributed by atoms with Gasteiger partial charge in [-0.1, -0.05) is 23.7 Å². The molecule has 0 saturated carbocycles. The molecule has 0 saturated heterocycles. The maximum atomic E-state index is 12.3. The van der Waals surface area contributed by atoms with E-state index in [0.29, 0.717) is 22.2 Å². The second kappa shape index (κ2) is 9.28. The van der Waals surface area contributed by atoms with Crippen molar-refractivity contribution in [2.75, 3.05) is 26.1 Å². The molecular formula is C20H23ClN2O4. The van der Waals surface area contributed by atoms with Crippen LogP contribution in [-0.4, -0.2) is 37.5 Å². The van der Waals surface area contributed by atoms with Gasteiger partial charge in [0.25, 0.3) is 0 Å². The fourth-order valence-corrected chi connectivity index (χ4v) is 2.70. The Morgan fingerprint density at radius 2 is 1.78 bits per heavy atom. The predicted molar refractivity (Wildman–Crippen MR) is 105 cm³/mol. The lowest BCUT2D eigenvalue weighted by molar-refractivity contribution is -0.133. The third kappa shape index (κ3) is 5.62. The van der Waals surface area contributed by atoms with E-state index < -0.39 is 0 Å². The van der Waals surface area contributed by atoms with Crippen molar-refractivity contribution >= 4 is 29.1 Å². The second-order valence-corrected chi connectivity index (χ2v) is 6.48. The molecule has 0 aliphatic carbocycles. The zero-order chi connectivity index (χ0) is 20.0. The molecule has 2 aromatic carbocycles. The maximum absolute atomic E-state index is 12.3. The average molecular weight is 391 g/mol. The van der Waals surface area contributed by atoms with Crippen molar-refractivity contribution in [3.05, 3.63) is 52.5 Å². The number of hydrogen-bond donors (Lipinski definition) is 1. The molecule has 2 amide bonds. The van der Waals surface area contributed by atoms with Crippen molar-refractivity contribution < 1.29 is 19.1 Å². The number of hydrogen-bond acceptors (Lipinski definition) is 4. The first kappa shape index (κ1) is 20.6. The summed E-state index contributed by atoms with van der Waals surface area (Å²) >= 11 is 6.08. The van der Waals surface area contributed by atoms with Gasteiger partial charge in [-0.3, -0.25) is 9.59 Å². The molecule has 0 aliphatic heterocycles. The molecule has 0 unspecified atom stereocenters. The first-order chi connectivity index (χ1) is 12.8. The van der Waals surface area contributed by atoms with Crippen LogP contribution in [0.25, 0.3) is 0 Å². The van der Waals surface area contributed by atoms with Gasteiger partial charge in [-0.2, -0.15) is 0 Å². The Labute approximate surface area is 164 Å². The zero-order valence-electron chi connectivity index (χ0n) is 15.8. The van der Waals surface area contributed by atoms with Crippen LogP contribution in [0.5, 0.6) is 11.5 Å². The highest BCUT2D eigenvalue weighted by Gasteiger charge is 2.16.